The third-order valence-corrected chi connectivity index (χ3v) is 4.49. The van der Waals surface area contributed by atoms with E-state index < -0.39 is 0 Å². The molecule has 0 aliphatic carbocycles. The van der Waals surface area contributed by atoms with Gasteiger partial charge in [0.1, 0.15) is 0 Å². The van der Waals surface area contributed by atoms with Crippen LogP contribution >= 0.6 is 0 Å². The number of nitrogens with one attached hydrogen (secondary N) is 1. The molecule has 0 fully saturated rings. The van der Waals surface area contributed by atoms with Gasteiger partial charge in [0.25, 0.3) is 5.56 Å². The Bertz CT molecular complexity index is 738. The fourth-order valence-electron chi connectivity index (χ4n) is 3.33. The SMILES string of the molecule is O=c1c2c(nc3n1CCCN3)CCN(Cc1ccccc1)C2. The lowest BCUT2D eigenvalue weighted by atomic mass is 10.1. The van der Waals surface area contributed by atoms with Crippen molar-refractivity contribution in [3.63, 3.8) is 0 Å². The van der Waals surface area contributed by atoms with E-state index in [1.807, 2.05) is 6.07 Å². The minimum atomic E-state index is 0.143. The van der Waals surface area contributed by atoms with Crippen molar-refractivity contribution in [2.45, 2.75) is 32.5 Å². The quantitative estimate of drug-likeness (QED) is 0.915. The molecule has 0 saturated carbocycles. The van der Waals surface area contributed by atoms with Crippen molar-refractivity contribution >= 4 is 5.95 Å². The maximum Gasteiger partial charge on any atom is 0.259 e. The fourth-order valence-corrected chi connectivity index (χ4v) is 3.33. The highest BCUT2D eigenvalue weighted by atomic mass is 16.1. The summed E-state index contributed by atoms with van der Waals surface area (Å²) in [6.45, 7) is 4.24. The Morgan fingerprint density at radius 2 is 2.05 bits per heavy atom. The highest BCUT2D eigenvalue weighted by Gasteiger charge is 2.24. The summed E-state index contributed by atoms with van der Waals surface area (Å²) in [7, 11) is 0. The zero-order chi connectivity index (χ0) is 14.9. The second-order valence-electron chi connectivity index (χ2n) is 6.04. The number of anilines is 1. The van der Waals surface area contributed by atoms with Gasteiger partial charge in [0, 0.05) is 39.1 Å². The third-order valence-electron chi connectivity index (χ3n) is 4.49. The number of hydrogen-bond donors (Lipinski definition) is 1. The average Bonchev–Trinajstić information content (AvgIpc) is 2.57. The standard InChI is InChI=1S/C17H20N4O/c22-16-14-12-20(11-13-5-2-1-3-6-13)10-7-15(14)19-17-18-8-4-9-21(16)17/h1-3,5-6H,4,7-12H2,(H,18,19). The van der Waals surface area contributed by atoms with Crippen LogP contribution in [-0.2, 0) is 26.1 Å². The second kappa shape index (κ2) is 5.57. The van der Waals surface area contributed by atoms with Gasteiger partial charge in [-0.2, -0.15) is 0 Å². The molecule has 2 aliphatic heterocycles. The molecular weight excluding hydrogens is 276 g/mol. The molecule has 4 rings (SSSR count). The van der Waals surface area contributed by atoms with Crippen molar-refractivity contribution in [1.82, 2.24) is 14.5 Å². The van der Waals surface area contributed by atoms with E-state index in [2.05, 4.69) is 39.5 Å². The molecule has 5 nitrogen and oxygen atoms in total. The Hall–Kier alpha value is -2.14. The Labute approximate surface area is 129 Å². The van der Waals surface area contributed by atoms with E-state index in [0.717, 1.165) is 56.2 Å². The average molecular weight is 296 g/mol. The Morgan fingerprint density at radius 3 is 2.91 bits per heavy atom. The number of aromatic nitrogens is 2. The first-order valence-electron chi connectivity index (χ1n) is 7.94. The van der Waals surface area contributed by atoms with Crippen LogP contribution in [0, 0.1) is 0 Å². The smallest absolute Gasteiger partial charge is 0.259 e. The molecule has 0 spiro atoms. The van der Waals surface area contributed by atoms with Crippen LogP contribution in [0.25, 0.3) is 0 Å². The molecule has 2 aliphatic rings. The third kappa shape index (κ3) is 2.41. The van der Waals surface area contributed by atoms with Gasteiger partial charge in [-0.15, -0.1) is 0 Å². The zero-order valence-electron chi connectivity index (χ0n) is 12.6. The van der Waals surface area contributed by atoms with Crippen LogP contribution in [-0.4, -0.2) is 27.5 Å². The van der Waals surface area contributed by atoms with Crippen LogP contribution in [0.15, 0.2) is 35.1 Å². The molecule has 0 radical (unpaired) electrons. The Balaban J connectivity index is 1.62. The molecule has 0 bridgehead atoms. The predicted octanol–water partition coefficient (Wildman–Crippen LogP) is 1.62. The van der Waals surface area contributed by atoms with E-state index in [4.69, 9.17) is 0 Å². The van der Waals surface area contributed by atoms with Crippen LogP contribution in [0.4, 0.5) is 5.95 Å². The van der Waals surface area contributed by atoms with Crippen LogP contribution in [0.3, 0.4) is 0 Å². The molecule has 0 amide bonds. The summed E-state index contributed by atoms with van der Waals surface area (Å²) < 4.78 is 1.80. The lowest BCUT2D eigenvalue weighted by molar-refractivity contribution is 0.240. The normalized spacial score (nSPS) is 17.5. The summed E-state index contributed by atoms with van der Waals surface area (Å²) in [4.78, 5) is 19.7. The Morgan fingerprint density at radius 1 is 1.18 bits per heavy atom. The summed E-state index contributed by atoms with van der Waals surface area (Å²) in [6, 6.07) is 10.4. The van der Waals surface area contributed by atoms with Gasteiger partial charge in [-0.1, -0.05) is 30.3 Å². The molecule has 0 unspecified atom stereocenters. The van der Waals surface area contributed by atoms with Crippen molar-refractivity contribution in [1.29, 1.82) is 0 Å². The van der Waals surface area contributed by atoms with Gasteiger partial charge in [-0.3, -0.25) is 14.3 Å². The van der Waals surface area contributed by atoms with Gasteiger partial charge in [0.05, 0.1) is 11.3 Å². The van der Waals surface area contributed by atoms with Crippen LogP contribution in [0.5, 0.6) is 0 Å². The summed E-state index contributed by atoms with van der Waals surface area (Å²) in [6.07, 6.45) is 1.84. The van der Waals surface area contributed by atoms with Crippen molar-refractivity contribution < 1.29 is 0 Å². The largest absolute Gasteiger partial charge is 0.355 e. The van der Waals surface area contributed by atoms with E-state index in [1.165, 1.54) is 5.56 Å². The number of nitrogens with zero attached hydrogens (tertiary/aromatic N) is 3. The van der Waals surface area contributed by atoms with Crippen molar-refractivity contribution in [3.8, 4) is 0 Å². The fraction of sp³-hybridized carbons (Fsp3) is 0.412. The molecule has 2 aromatic rings. The van der Waals surface area contributed by atoms with E-state index in [9.17, 15) is 4.79 Å². The molecule has 22 heavy (non-hydrogen) atoms. The van der Waals surface area contributed by atoms with Gasteiger partial charge in [0.15, 0.2) is 0 Å². The molecule has 3 heterocycles. The molecule has 5 heteroatoms. The predicted molar refractivity (Wildman–Crippen MR) is 85.9 cm³/mol. The number of rotatable bonds is 2. The molecule has 114 valence electrons. The topological polar surface area (TPSA) is 50.2 Å². The molecule has 1 aromatic heterocycles. The highest BCUT2D eigenvalue weighted by molar-refractivity contribution is 5.34. The van der Waals surface area contributed by atoms with Crippen molar-refractivity contribution in [2.24, 2.45) is 0 Å². The van der Waals surface area contributed by atoms with E-state index in [0.29, 0.717) is 6.54 Å². The second-order valence-corrected chi connectivity index (χ2v) is 6.04. The van der Waals surface area contributed by atoms with Gasteiger partial charge < -0.3 is 5.32 Å². The van der Waals surface area contributed by atoms with E-state index in [1.54, 1.807) is 4.57 Å². The molecule has 1 N–H and O–H groups in total. The van der Waals surface area contributed by atoms with Crippen LogP contribution in [0.2, 0.25) is 0 Å². The monoisotopic (exact) mass is 296 g/mol. The van der Waals surface area contributed by atoms with E-state index >= 15 is 0 Å². The zero-order valence-corrected chi connectivity index (χ0v) is 12.6. The number of fused-ring (bicyclic) bond motifs is 2. The van der Waals surface area contributed by atoms with Gasteiger partial charge in [0.2, 0.25) is 5.95 Å². The molecular formula is C17H20N4O. The molecule has 1 aromatic carbocycles. The minimum absolute atomic E-state index is 0.143. The minimum Gasteiger partial charge on any atom is -0.355 e. The summed E-state index contributed by atoms with van der Waals surface area (Å²) in [5.41, 5.74) is 3.30. The van der Waals surface area contributed by atoms with Gasteiger partial charge in [-0.05, 0) is 12.0 Å². The maximum absolute atomic E-state index is 12.7. The van der Waals surface area contributed by atoms with E-state index in [-0.39, 0.29) is 5.56 Å². The summed E-state index contributed by atoms with van der Waals surface area (Å²) in [5.74, 6) is 0.756. The first-order chi connectivity index (χ1) is 10.8. The van der Waals surface area contributed by atoms with Crippen molar-refractivity contribution in [2.75, 3.05) is 18.4 Å². The first-order valence-corrected chi connectivity index (χ1v) is 7.94. The van der Waals surface area contributed by atoms with Crippen molar-refractivity contribution in [3.05, 3.63) is 57.5 Å². The summed E-state index contributed by atoms with van der Waals surface area (Å²) >= 11 is 0. The lowest BCUT2D eigenvalue weighted by Gasteiger charge is -2.29. The number of benzene rings is 1. The first kappa shape index (κ1) is 13.5. The van der Waals surface area contributed by atoms with Crippen LogP contribution < -0.4 is 10.9 Å². The number of hydrogen-bond acceptors (Lipinski definition) is 4. The van der Waals surface area contributed by atoms with Crippen LogP contribution in [0.1, 0.15) is 23.2 Å². The molecule has 0 atom stereocenters. The summed E-state index contributed by atoms with van der Waals surface area (Å²) in [5, 5.41) is 3.24. The molecule has 0 saturated heterocycles. The lowest BCUT2D eigenvalue weighted by Crippen LogP contribution is -2.40. The van der Waals surface area contributed by atoms with Gasteiger partial charge in [-0.25, -0.2) is 4.98 Å². The maximum atomic E-state index is 12.7. The van der Waals surface area contributed by atoms with Gasteiger partial charge >= 0.3 is 0 Å². The Kier molecular flexibility index (Phi) is 3.42. The highest BCUT2D eigenvalue weighted by Crippen LogP contribution is 2.19.